The van der Waals surface area contributed by atoms with Crippen LogP contribution in [0.4, 0.5) is 9.18 Å². The minimum atomic E-state index is -1.12. The minimum Gasteiger partial charge on any atom is -0.444 e. The van der Waals surface area contributed by atoms with E-state index in [0.717, 1.165) is 6.20 Å². The van der Waals surface area contributed by atoms with E-state index in [1.165, 1.54) is 36.7 Å². The maximum Gasteiger partial charge on any atom is 0.408 e. The lowest BCUT2D eigenvalue weighted by molar-refractivity contribution is 0.0490. The standard InChI is InChI=1S/C23H20Cl2FN3O3/c1-23(2,3)32-22(31)29-20(13-4-6-17(24)18(25)9-13)21(30)19-7-5-14(11-28-19)15-8-16(26)12-27-10-15/h4-12,20H,1-3H3,(H,29,31). The summed E-state index contributed by atoms with van der Waals surface area (Å²) in [5.74, 6) is -0.970. The van der Waals surface area contributed by atoms with Crippen molar-refractivity contribution in [2.75, 3.05) is 0 Å². The Kier molecular flexibility index (Phi) is 7.11. The summed E-state index contributed by atoms with van der Waals surface area (Å²) < 4.78 is 18.7. The second-order valence-corrected chi connectivity index (χ2v) is 8.76. The number of nitrogens with zero attached hydrogens (tertiary/aromatic N) is 2. The first-order chi connectivity index (χ1) is 15.0. The Bertz CT molecular complexity index is 1150. The second kappa shape index (κ2) is 9.63. The maximum atomic E-state index is 13.4. The highest BCUT2D eigenvalue weighted by atomic mass is 35.5. The number of nitrogens with one attached hydrogen (secondary N) is 1. The molecule has 0 aliphatic heterocycles. The van der Waals surface area contributed by atoms with E-state index in [4.69, 9.17) is 27.9 Å². The molecule has 1 amide bonds. The van der Waals surface area contributed by atoms with Gasteiger partial charge in [0.15, 0.2) is 0 Å². The summed E-state index contributed by atoms with van der Waals surface area (Å²) in [6.45, 7) is 5.14. The largest absolute Gasteiger partial charge is 0.444 e. The van der Waals surface area contributed by atoms with Crippen LogP contribution in [0.15, 0.2) is 55.0 Å². The van der Waals surface area contributed by atoms with Crippen LogP contribution in [0.5, 0.6) is 0 Å². The van der Waals surface area contributed by atoms with Crippen LogP contribution in [0.2, 0.25) is 10.0 Å². The number of ketones is 1. The molecule has 2 heterocycles. The summed E-state index contributed by atoms with van der Waals surface area (Å²) in [5, 5.41) is 3.12. The van der Waals surface area contributed by atoms with Crippen molar-refractivity contribution >= 4 is 35.1 Å². The molecule has 1 atom stereocenters. The van der Waals surface area contributed by atoms with Gasteiger partial charge in [-0.2, -0.15) is 0 Å². The lowest BCUT2D eigenvalue weighted by Crippen LogP contribution is -2.38. The fourth-order valence-electron chi connectivity index (χ4n) is 2.85. The Morgan fingerprint density at radius 3 is 2.34 bits per heavy atom. The Balaban J connectivity index is 1.91. The first-order valence-corrected chi connectivity index (χ1v) is 10.3. The molecule has 0 saturated carbocycles. The van der Waals surface area contributed by atoms with E-state index in [9.17, 15) is 14.0 Å². The van der Waals surface area contributed by atoms with Crippen molar-refractivity contribution in [2.24, 2.45) is 0 Å². The third-order valence-electron chi connectivity index (χ3n) is 4.25. The van der Waals surface area contributed by atoms with Gasteiger partial charge in [-0.25, -0.2) is 9.18 Å². The van der Waals surface area contributed by atoms with Gasteiger partial charge in [0, 0.05) is 23.5 Å². The monoisotopic (exact) mass is 475 g/mol. The number of hydrogen-bond donors (Lipinski definition) is 1. The van der Waals surface area contributed by atoms with E-state index >= 15 is 0 Å². The number of ether oxygens (including phenoxy) is 1. The number of carbonyl (C=O) groups is 2. The Morgan fingerprint density at radius 2 is 1.75 bits per heavy atom. The fraction of sp³-hybridized carbons (Fsp3) is 0.217. The molecule has 0 saturated heterocycles. The number of rotatable bonds is 5. The summed E-state index contributed by atoms with van der Waals surface area (Å²) in [6.07, 6.45) is 3.25. The topological polar surface area (TPSA) is 81.2 Å². The molecule has 166 valence electrons. The minimum absolute atomic E-state index is 0.0882. The highest BCUT2D eigenvalue weighted by molar-refractivity contribution is 6.42. The molecule has 3 aromatic rings. The van der Waals surface area contributed by atoms with Crippen molar-refractivity contribution in [1.29, 1.82) is 0 Å². The van der Waals surface area contributed by atoms with Gasteiger partial charge in [0.1, 0.15) is 23.2 Å². The molecule has 9 heteroatoms. The quantitative estimate of drug-likeness (QED) is 0.455. The summed E-state index contributed by atoms with van der Waals surface area (Å²) in [5.41, 5.74) is 0.846. The Hall–Kier alpha value is -3.03. The van der Waals surface area contributed by atoms with Crippen molar-refractivity contribution < 1.29 is 18.7 Å². The highest BCUT2D eigenvalue weighted by Crippen LogP contribution is 2.28. The highest BCUT2D eigenvalue weighted by Gasteiger charge is 2.28. The van der Waals surface area contributed by atoms with Gasteiger partial charge in [-0.1, -0.05) is 35.3 Å². The molecule has 32 heavy (non-hydrogen) atoms. The summed E-state index contributed by atoms with van der Waals surface area (Å²) in [7, 11) is 0. The number of pyridine rings is 2. The SMILES string of the molecule is CC(C)(C)OC(=O)NC(C(=O)c1ccc(-c2cncc(F)c2)cn1)c1ccc(Cl)c(Cl)c1. The molecular formula is C23H20Cl2FN3O3. The van der Waals surface area contributed by atoms with Crippen LogP contribution in [0.25, 0.3) is 11.1 Å². The zero-order valence-electron chi connectivity index (χ0n) is 17.5. The third kappa shape index (κ3) is 6.02. The molecular weight excluding hydrogens is 456 g/mol. The van der Waals surface area contributed by atoms with Crippen molar-refractivity contribution in [3.63, 3.8) is 0 Å². The fourth-order valence-corrected chi connectivity index (χ4v) is 3.15. The summed E-state index contributed by atoms with van der Waals surface area (Å²) >= 11 is 12.1. The summed E-state index contributed by atoms with van der Waals surface area (Å²) in [4.78, 5) is 33.7. The van der Waals surface area contributed by atoms with E-state index in [0.29, 0.717) is 21.7 Å². The Morgan fingerprint density at radius 1 is 1.00 bits per heavy atom. The smallest absolute Gasteiger partial charge is 0.408 e. The van der Waals surface area contributed by atoms with Crippen LogP contribution in [0, 0.1) is 5.82 Å². The van der Waals surface area contributed by atoms with Gasteiger partial charge in [0.2, 0.25) is 5.78 Å². The van der Waals surface area contributed by atoms with Crippen LogP contribution in [0.1, 0.15) is 42.9 Å². The Labute approximate surface area is 194 Å². The van der Waals surface area contributed by atoms with Crippen molar-refractivity contribution in [2.45, 2.75) is 32.4 Å². The molecule has 0 spiro atoms. The number of aromatic nitrogens is 2. The van der Waals surface area contributed by atoms with Crippen LogP contribution in [-0.2, 0) is 4.74 Å². The van der Waals surface area contributed by atoms with Gasteiger partial charge in [-0.3, -0.25) is 14.8 Å². The summed E-state index contributed by atoms with van der Waals surface area (Å²) in [6, 6.07) is 7.92. The second-order valence-electron chi connectivity index (χ2n) is 7.94. The first-order valence-electron chi connectivity index (χ1n) is 9.59. The molecule has 0 radical (unpaired) electrons. The molecule has 0 aliphatic rings. The third-order valence-corrected chi connectivity index (χ3v) is 4.99. The molecule has 0 aliphatic carbocycles. The predicted octanol–water partition coefficient (Wildman–Crippen LogP) is 6.04. The zero-order chi connectivity index (χ0) is 23.5. The first kappa shape index (κ1) is 23.6. The van der Waals surface area contributed by atoms with E-state index in [1.807, 2.05) is 0 Å². The molecule has 2 aromatic heterocycles. The average molecular weight is 476 g/mol. The van der Waals surface area contributed by atoms with Crippen LogP contribution in [-0.4, -0.2) is 27.4 Å². The molecule has 1 aromatic carbocycles. The van der Waals surface area contributed by atoms with Gasteiger partial charge in [0.25, 0.3) is 0 Å². The number of hydrogen-bond acceptors (Lipinski definition) is 5. The number of carbonyl (C=O) groups excluding carboxylic acids is 2. The van der Waals surface area contributed by atoms with Gasteiger partial charge in [-0.05, 0) is 50.6 Å². The number of Topliss-reactive ketones (excluding diaryl/α,β-unsaturated/α-hetero) is 1. The molecule has 1 unspecified atom stereocenters. The molecule has 3 rings (SSSR count). The van der Waals surface area contributed by atoms with Crippen molar-refractivity contribution in [3.05, 3.63) is 82.1 Å². The zero-order valence-corrected chi connectivity index (χ0v) is 19.0. The predicted molar refractivity (Wildman–Crippen MR) is 120 cm³/mol. The van der Waals surface area contributed by atoms with E-state index < -0.39 is 29.3 Å². The van der Waals surface area contributed by atoms with Gasteiger partial charge in [-0.15, -0.1) is 0 Å². The number of amides is 1. The molecule has 0 bridgehead atoms. The normalized spacial score (nSPS) is 12.2. The van der Waals surface area contributed by atoms with Crippen LogP contribution >= 0.6 is 23.2 Å². The molecule has 6 nitrogen and oxygen atoms in total. The number of benzene rings is 1. The van der Waals surface area contributed by atoms with Crippen molar-refractivity contribution in [1.82, 2.24) is 15.3 Å². The van der Waals surface area contributed by atoms with Gasteiger partial charge >= 0.3 is 6.09 Å². The van der Waals surface area contributed by atoms with E-state index in [-0.39, 0.29) is 10.7 Å². The number of halogens is 3. The van der Waals surface area contributed by atoms with E-state index in [1.54, 1.807) is 32.9 Å². The average Bonchev–Trinajstić information content (AvgIpc) is 2.72. The number of alkyl carbamates (subject to hydrolysis) is 1. The van der Waals surface area contributed by atoms with E-state index in [2.05, 4.69) is 15.3 Å². The van der Waals surface area contributed by atoms with Gasteiger partial charge in [0.05, 0.1) is 16.2 Å². The van der Waals surface area contributed by atoms with Crippen molar-refractivity contribution in [3.8, 4) is 11.1 Å². The molecule has 1 N–H and O–H groups in total. The molecule has 0 fully saturated rings. The van der Waals surface area contributed by atoms with Crippen LogP contribution < -0.4 is 5.32 Å². The van der Waals surface area contributed by atoms with Gasteiger partial charge < -0.3 is 10.1 Å². The lowest BCUT2D eigenvalue weighted by atomic mass is 9.99. The lowest BCUT2D eigenvalue weighted by Gasteiger charge is -2.23. The maximum absolute atomic E-state index is 13.4. The van der Waals surface area contributed by atoms with Crippen LogP contribution in [0.3, 0.4) is 0 Å².